The van der Waals surface area contributed by atoms with Crippen LogP contribution in [0, 0.1) is 18.6 Å². The van der Waals surface area contributed by atoms with Crippen molar-refractivity contribution in [2.45, 2.75) is 11.8 Å². The van der Waals surface area contributed by atoms with E-state index in [9.17, 15) is 13.6 Å². The zero-order chi connectivity index (χ0) is 15.9. The number of hydrogen-bond acceptors (Lipinski definition) is 3. The number of hydrogen-bond donors (Lipinski definition) is 1. The molecule has 0 bridgehead atoms. The molecule has 0 spiro atoms. The lowest BCUT2D eigenvalue weighted by molar-refractivity contribution is 0.503. The molecule has 0 radical (unpaired) electrons. The number of nitrogens with zero attached hydrogens (tertiary/aromatic N) is 1. The van der Waals surface area contributed by atoms with Crippen LogP contribution in [0.4, 0.5) is 8.78 Å². The highest BCUT2D eigenvalue weighted by atomic mass is 32.1. The third-order valence-corrected chi connectivity index (χ3v) is 3.71. The standard InChI is InChI=1S/C16H11F2NO2S/c1-9-2-4-11(7-12(9)17)19-14(8-21-16(19)20)10-3-5-15(22)13(18)6-10/h2-8,22H,1H3. The summed E-state index contributed by atoms with van der Waals surface area (Å²) in [4.78, 5) is 12.1. The van der Waals surface area contributed by atoms with E-state index in [1.165, 1.54) is 29.0 Å². The van der Waals surface area contributed by atoms with Crippen LogP contribution in [0.2, 0.25) is 0 Å². The van der Waals surface area contributed by atoms with Crippen LogP contribution in [0.25, 0.3) is 16.9 Å². The Morgan fingerprint density at radius 2 is 1.86 bits per heavy atom. The third-order valence-electron chi connectivity index (χ3n) is 3.35. The average molecular weight is 319 g/mol. The molecule has 0 amide bonds. The molecule has 0 aliphatic carbocycles. The van der Waals surface area contributed by atoms with Crippen molar-refractivity contribution in [3.8, 4) is 16.9 Å². The van der Waals surface area contributed by atoms with Crippen molar-refractivity contribution < 1.29 is 13.2 Å². The highest BCUT2D eigenvalue weighted by Crippen LogP contribution is 2.25. The minimum Gasteiger partial charge on any atom is -0.415 e. The van der Waals surface area contributed by atoms with Crippen LogP contribution >= 0.6 is 12.6 Å². The number of halogens is 2. The second-order valence-electron chi connectivity index (χ2n) is 4.82. The van der Waals surface area contributed by atoms with Crippen molar-refractivity contribution in [2.75, 3.05) is 0 Å². The molecule has 3 rings (SSSR count). The van der Waals surface area contributed by atoms with Crippen molar-refractivity contribution in [1.29, 1.82) is 0 Å². The Bertz CT molecular complexity index is 915. The summed E-state index contributed by atoms with van der Waals surface area (Å²) in [6, 6.07) is 8.72. The van der Waals surface area contributed by atoms with Gasteiger partial charge >= 0.3 is 5.76 Å². The van der Waals surface area contributed by atoms with Gasteiger partial charge in [0.2, 0.25) is 0 Å². The average Bonchev–Trinajstić information content (AvgIpc) is 2.87. The quantitative estimate of drug-likeness (QED) is 0.725. The summed E-state index contributed by atoms with van der Waals surface area (Å²) in [5.41, 5.74) is 1.54. The molecule has 6 heteroatoms. The van der Waals surface area contributed by atoms with E-state index in [1.807, 2.05) is 0 Å². The Balaban J connectivity index is 2.21. The number of aryl methyl sites for hydroxylation is 1. The van der Waals surface area contributed by atoms with E-state index in [1.54, 1.807) is 25.1 Å². The van der Waals surface area contributed by atoms with Crippen LogP contribution in [0.15, 0.2) is 56.8 Å². The Labute approximate surface area is 130 Å². The number of thiol groups is 1. The molecular formula is C16H11F2NO2S. The van der Waals surface area contributed by atoms with Crippen LogP contribution in [-0.4, -0.2) is 4.57 Å². The molecule has 0 fully saturated rings. The molecule has 2 aromatic carbocycles. The van der Waals surface area contributed by atoms with Gasteiger partial charge in [-0.3, -0.25) is 0 Å². The first-order chi connectivity index (χ1) is 10.5. The van der Waals surface area contributed by atoms with E-state index >= 15 is 0 Å². The maximum Gasteiger partial charge on any atom is 0.424 e. The second kappa shape index (κ2) is 5.46. The van der Waals surface area contributed by atoms with Gasteiger partial charge in [-0.2, -0.15) is 0 Å². The molecule has 0 unspecified atom stereocenters. The van der Waals surface area contributed by atoms with Crippen molar-refractivity contribution in [3.63, 3.8) is 0 Å². The van der Waals surface area contributed by atoms with Crippen molar-refractivity contribution in [3.05, 3.63) is 70.4 Å². The largest absolute Gasteiger partial charge is 0.424 e. The molecule has 0 aliphatic heterocycles. The first kappa shape index (κ1) is 14.6. The third kappa shape index (κ3) is 2.46. The molecular weight excluding hydrogens is 308 g/mol. The van der Waals surface area contributed by atoms with Gasteiger partial charge in [-0.25, -0.2) is 18.1 Å². The molecule has 1 aromatic heterocycles. The van der Waals surface area contributed by atoms with E-state index in [2.05, 4.69) is 12.6 Å². The zero-order valence-electron chi connectivity index (χ0n) is 11.5. The molecule has 3 aromatic rings. The highest BCUT2D eigenvalue weighted by molar-refractivity contribution is 7.80. The minimum atomic E-state index is -0.673. The monoisotopic (exact) mass is 319 g/mol. The van der Waals surface area contributed by atoms with Gasteiger partial charge in [-0.1, -0.05) is 12.1 Å². The fraction of sp³-hybridized carbons (Fsp3) is 0.0625. The lowest BCUT2D eigenvalue weighted by Gasteiger charge is -2.08. The van der Waals surface area contributed by atoms with Gasteiger partial charge in [0, 0.05) is 10.5 Å². The maximum atomic E-state index is 13.7. The summed E-state index contributed by atoms with van der Waals surface area (Å²) in [6.07, 6.45) is 1.22. The topological polar surface area (TPSA) is 35.1 Å². The van der Waals surface area contributed by atoms with E-state index in [4.69, 9.17) is 4.42 Å². The van der Waals surface area contributed by atoms with Crippen molar-refractivity contribution >= 4 is 12.6 Å². The van der Waals surface area contributed by atoms with Crippen molar-refractivity contribution in [1.82, 2.24) is 4.57 Å². The van der Waals surface area contributed by atoms with E-state index in [-0.39, 0.29) is 4.90 Å². The fourth-order valence-electron chi connectivity index (χ4n) is 2.14. The lowest BCUT2D eigenvalue weighted by Crippen LogP contribution is -2.13. The summed E-state index contributed by atoms with van der Waals surface area (Å²) < 4.78 is 33.5. The number of oxazole rings is 1. The summed E-state index contributed by atoms with van der Waals surface area (Å²) >= 11 is 3.97. The van der Waals surface area contributed by atoms with Crippen molar-refractivity contribution in [2.24, 2.45) is 0 Å². The van der Waals surface area contributed by atoms with Gasteiger partial charge in [0.15, 0.2) is 0 Å². The van der Waals surface area contributed by atoms with Gasteiger partial charge < -0.3 is 4.42 Å². The maximum absolute atomic E-state index is 13.7. The molecule has 0 atom stereocenters. The smallest absolute Gasteiger partial charge is 0.415 e. The summed E-state index contributed by atoms with van der Waals surface area (Å²) in [5.74, 6) is -1.63. The minimum absolute atomic E-state index is 0.197. The molecule has 22 heavy (non-hydrogen) atoms. The van der Waals surface area contributed by atoms with Gasteiger partial charge in [0.05, 0.1) is 11.4 Å². The number of aromatic nitrogens is 1. The predicted octanol–water partition coefficient (Wildman–Crippen LogP) is 3.97. The van der Waals surface area contributed by atoms with Crippen LogP contribution in [0.3, 0.4) is 0 Å². The normalized spacial score (nSPS) is 10.9. The summed E-state index contributed by atoms with van der Waals surface area (Å²) in [5, 5.41) is 0. The SMILES string of the molecule is Cc1ccc(-n2c(-c3ccc(S)c(F)c3)coc2=O)cc1F. The van der Waals surface area contributed by atoms with Gasteiger partial charge in [0.25, 0.3) is 0 Å². The molecule has 3 nitrogen and oxygen atoms in total. The lowest BCUT2D eigenvalue weighted by atomic mass is 10.1. The molecule has 0 saturated heterocycles. The predicted molar refractivity (Wildman–Crippen MR) is 81.6 cm³/mol. The van der Waals surface area contributed by atoms with E-state index in [0.717, 1.165) is 0 Å². The number of benzene rings is 2. The Hall–Kier alpha value is -2.34. The fourth-order valence-corrected chi connectivity index (χ4v) is 2.28. The first-order valence-electron chi connectivity index (χ1n) is 6.43. The molecule has 0 aliphatic rings. The Kier molecular flexibility index (Phi) is 3.62. The molecule has 0 saturated carbocycles. The van der Waals surface area contributed by atoms with Gasteiger partial charge in [0.1, 0.15) is 17.9 Å². The van der Waals surface area contributed by atoms with Crippen LogP contribution in [0.5, 0.6) is 0 Å². The van der Waals surface area contributed by atoms with Gasteiger partial charge in [-0.05, 0) is 36.8 Å². The first-order valence-corrected chi connectivity index (χ1v) is 6.88. The highest BCUT2D eigenvalue weighted by Gasteiger charge is 2.14. The second-order valence-corrected chi connectivity index (χ2v) is 5.30. The summed E-state index contributed by atoms with van der Waals surface area (Å²) in [7, 11) is 0. The number of rotatable bonds is 2. The van der Waals surface area contributed by atoms with E-state index in [0.29, 0.717) is 22.5 Å². The molecule has 0 N–H and O–H groups in total. The molecule has 1 heterocycles. The van der Waals surface area contributed by atoms with E-state index < -0.39 is 17.4 Å². The van der Waals surface area contributed by atoms with Crippen LogP contribution in [0.1, 0.15) is 5.56 Å². The Morgan fingerprint density at radius 3 is 2.55 bits per heavy atom. The molecule has 112 valence electrons. The van der Waals surface area contributed by atoms with Crippen LogP contribution < -0.4 is 5.76 Å². The summed E-state index contributed by atoms with van der Waals surface area (Å²) in [6.45, 7) is 1.62. The zero-order valence-corrected chi connectivity index (χ0v) is 12.4. The van der Waals surface area contributed by atoms with Crippen LogP contribution in [-0.2, 0) is 0 Å². The Morgan fingerprint density at radius 1 is 1.09 bits per heavy atom. The van der Waals surface area contributed by atoms with Gasteiger partial charge in [-0.15, -0.1) is 12.6 Å².